The number of hydrogen-bond acceptors (Lipinski definition) is 4. The Kier molecular flexibility index (Phi) is 4.24. The van der Waals surface area contributed by atoms with Crippen LogP contribution < -0.4 is 5.32 Å². The predicted molar refractivity (Wildman–Crippen MR) is 99.7 cm³/mol. The number of hydrogen-bond donors (Lipinski definition) is 1. The number of nitrogens with one attached hydrogen (secondary N) is 1. The van der Waals surface area contributed by atoms with E-state index in [1.807, 2.05) is 12.1 Å². The van der Waals surface area contributed by atoms with Crippen molar-refractivity contribution >= 4 is 49.1 Å². The number of benzene rings is 2. The Balaban J connectivity index is 1.87. The molecule has 4 rings (SSSR count). The van der Waals surface area contributed by atoms with Gasteiger partial charge in [0, 0.05) is 27.0 Å². The molecule has 0 aliphatic rings. The number of alkyl halides is 3. The van der Waals surface area contributed by atoms with Crippen LogP contribution >= 0.6 is 27.3 Å². The summed E-state index contributed by atoms with van der Waals surface area (Å²) in [4.78, 5) is 4.12. The van der Waals surface area contributed by atoms with Crippen LogP contribution in [0.4, 0.5) is 24.0 Å². The van der Waals surface area contributed by atoms with Gasteiger partial charge in [-0.2, -0.15) is 13.2 Å². The number of anilines is 2. The molecule has 4 aromatic rings. The highest BCUT2D eigenvalue weighted by Gasteiger charge is 2.31. The SMILES string of the molecule is FC(F)(F)c1ccc(Nc2nccs2)c(-c2cc3cc(Br)ccc3o2)c1. The van der Waals surface area contributed by atoms with Crippen molar-refractivity contribution in [3.05, 3.63) is 64.1 Å². The summed E-state index contributed by atoms with van der Waals surface area (Å²) < 4.78 is 46.2. The standard InChI is InChI=1S/C18H10BrF3N2OS/c19-12-2-4-15-10(7-12)8-16(25-15)13-9-11(18(20,21)22)1-3-14(13)24-17-23-5-6-26-17/h1-9H,(H,23,24). The zero-order valence-corrected chi connectivity index (χ0v) is 15.4. The van der Waals surface area contributed by atoms with Crippen LogP contribution in [0.15, 0.2) is 62.9 Å². The third-order valence-electron chi connectivity index (χ3n) is 3.76. The molecule has 0 fully saturated rings. The minimum atomic E-state index is -4.44. The van der Waals surface area contributed by atoms with Crippen LogP contribution in [0, 0.1) is 0 Å². The molecule has 2 heterocycles. The molecule has 0 spiro atoms. The second-order valence-corrected chi connectivity index (χ2v) is 7.32. The second kappa shape index (κ2) is 6.44. The Morgan fingerprint density at radius 1 is 1.08 bits per heavy atom. The molecule has 132 valence electrons. The van der Waals surface area contributed by atoms with Crippen LogP contribution in [0.1, 0.15) is 5.56 Å². The van der Waals surface area contributed by atoms with Gasteiger partial charge in [-0.15, -0.1) is 11.3 Å². The molecule has 0 unspecified atom stereocenters. The minimum absolute atomic E-state index is 0.322. The van der Waals surface area contributed by atoms with Gasteiger partial charge in [0.25, 0.3) is 0 Å². The van der Waals surface area contributed by atoms with E-state index in [-0.39, 0.29) is 0 Å². The summed E-state index contributed by atoms with van der Waals surface area (Å²) in [6, 6.07) is 10.7. The highest BCUT2D eigenvalue weighted by Crippen LogP contribution is 2.39. The lowest BCUT2D eigenvalue weighted by Gasteiger charge is -2.12. The molecule has 0 atom stereocenters. The first-order chi connectivity index (χ1) is 12.4. The summed E-state index contributed by atoms with van der Waals surface area (Å²) in [5.74, 6) is 0.350. The van der Waals surface area contributed by atoms with Crippen molar-refractivity contribution in [1.29, 1.82) is 0 Å². The lowest BCUT2D eigenvalue weighted by Crippen LogP contribution is -2.05. The Bertz CT molecular complexity index is 1070. The van der Waals surface area contributed by atoms with Crippen molar-refractivity contribution < 1.29 is 17.6 Å². The van der Waals surface area contributed by atoms with Crippen LogP contribution in [0.25, 0.3) is 22.3 Å². The number of rotatable bonds is 3. The molecule has 0 saturated heterocycles. The Morgan fingerprint density at radius 3 is 2.65 bits per heavy atom. The average Bonchev–Trinajstić information content (AvgIpc) is 3.23. The zero-order chi connectivity index (χ0) is 18.3. The van der Waals surface area contributed by atoms with Crippen molar-refractivity contribution in [1.82, 2.24) is 4.98 Å². The fourth-order valence-corrected chi connectivity index (χ4v) is 3.50. The van der Waals surface area contributed by atoms with Crippen LogP contribution in [0.5, 0.6) is 0 Å². The van der Waals surface area contributed by atoms with Gasteiger partial charge in [0.05, 0.1) is 11.3 Å². The molecule has 3 nitrogen and oxygen atoms in total. The van der Waals surface area contributed by atoms with Gasteiger partial charge in [-0.3, -0.25) is 0 Å². The Morgan fingerprint density at radius 2 is 1.92 bits per heavy atom. The van der Waals surface area contributed by atoms with E-state index in [1.54, 1.807) is 23.7 Å². The van der Waals surface area contributed by atoms with Gasteiger partial charge in [0.1, 0.15) is 11.3 Å². The molecular weight excluding hydrogens is 429 g/mol. The third kappa shape index (κ3) is 3.34. The number of nitrogens with zero attached hydrogens (tertiary/aromatic N) is 1. The van der Waals surface area contributed by atoms with E-state index >= 15 is 0 Å². The van der Waals surface area contributed by atoms with Crippen molar-refractivity contribution in [3.8, 4) is 11.3 Å². The van der Waals surface area contributed by atoms with Crippen LogP contribution in [-0.4, -0.2) is 4.98 Å². The molecule has 1 N–H and O–H groups in total. The number of furan rings is 1. The van der Waals surface area contributed by atoms with E-state index < -0.39 is 11.7 Å². The normalized spacial score (nSPS) is 11.8. The quantitative estimate of drug-likeness (QED) is 0.371. The molecule has 8 heteroatoms. The molecule has 0 bridgehead atoms. The van der Waals surface area contributed by atoms with Gasteiger partial charge >= 0.3 is 6.18 Å². The summed E-state index contributed by atoms with van der Waals surface area (Å²) in [7, 11) is 0. The lowest BCUT2D eigenvalue weighted by atomic mass is 10.1. The molecule has 0 radical (unpaired) electrons. The monoisotopic (exact) mass is 438 g/mol. The van der Waals surface area contributed by atoms with E-state index in [2.05, 4.69) is 26.2 Å². The molecule has 2 aromatic heterocycles. The smallest absolute Gasteiger partial charge is 0.416 e. The van der Waals surface area contributed by atoms with E-state index in [4.69, 9.17) is 4.42 Å². The van der Waals surface area contributed by atoms with E-state index in [9.17, 15) is 13.2 Å². The first-order valence-corrected chi connectivity index (χ1v) is 9.15. The summed E-state index contributed by atoms with van der Waals surface area (Å²) >= 11 is 4.74. The molecule has 0 amide bonds. The van der Waals surface area contributed by atoms with E-state index in [1.165, 1.54) is 17.4 Å². The van der Waals surface area contributed by atoms with Gasteiger partial charge in [-0.1, -0.05) is 15.9 Å². The number of halogens is 4. The second-order valence-electron chi connectivity index (χ2n) is 5.51. The summed E-state index contributed by atoms with van der Waals surface area (Å²) in [5.41, 5.74) is 0.674. The maximum atomic E-state index is 13.2. The molecule has 0 saturated carbocycles. The molecule has 0 aliphatic heterocycles. The summed E-state index contributed by atoms with van der Waals surface area (Å²) in [5, 5.41) is 6.22. The van der Waals surface area contributed by atoms with Gasteiger partial charge in [-0.25, -0.2) is 4.98 Å². The third-order valence-corrected chi connectivity index (χ3v) is 4.95. The fourth-order valence-electron chi connectivity index (χ4n) is 2.58. The lowest BCUT2D eigenvalue weighted by molar-refractivity contribution is -0.137. The highest BCUT2D eigenvalue weighted by molar-refractivity contribution is 9.10. The number of thiazole rings is 1. The molecule has 26 heavy (non-hydrogen) atoms. The average molecular weight is 439 g/mol. The number of fused-ring (bicyclic) bond motifs is 1. The zero-order valence-electron chi connectivity index (χ0n) is 13.0. The van der Waals surface area contributed by atoms with Gasteiger partial charge < -0.3 is 9.73 Å². The molecular formula is C18H10BrF3N2OS. The summed E-state index contributed by atoms with van der Waals surface area (Å²) in [6.07, 6.45) is -2.82. The van der Waals surface area contributed by atoms with E-state index in [0.29, 0.717) is 27.7 Å². The fraction of sp³-hybridized carbons (Fsp3) is 0.0556. The maximum absolute atomic E-state index is 13.2. The van der Waals surface area contributed by atoms with Crippen molar-refractivity contribution in [2.45, 2.75) is 6.18 Å². The summed E-state index contributed by atoms with van der Waals surface area (Å²) in [6.45, 7) is 0. The van der Waals surface area contributed by atoms with Crippen LogP contribution in [-0.2, 0) is 6.18 Å². The number of aromatic nitrogens is 1. The predicted octanol–water partition coefficient (Wildman–Crippen LogP) is 7.08. The van der Waals surface area contributed by atoms with Crippen molar-refractivity contribution in [2.24, 2.45) is 0 Å². The highest BCUT2D eigenvalue weighted by atomic mass is 79.9. The Labute approximate surface area is 158 Å². The van der Waals surface area contributed by atoms with Crippen LogP contribution in [0.3, 0.4) is 0 Å². The van der Waals surface area contributed by atoms with Crippen molar-refractivity contribution in [3.63, 3.8) is 0 Å². The largest absolute Gasteiger partial charge is 0.456 e. The van der Waals surface area contributed by atoms with Crippen molar-refractivity contribution in [2.75, 3.05) is 5.32 Å². The van der Waals surface area contributed by atoms with Gasteiger partial charge in [0.15, 0.2) is 5.13 Å². The Hall–Kier alpha value is -2.32. The minimum Gasteiger partial charge on any atom is -0.456 e. The van der Waals surface area contributed by atoms with Gasteiger partial charge in [-0.05, 0) is 42.5 Å². The molecule has 2 aromatic carbocycles. The topological polar surface area (TPSA) is 38.1 Å². The van der Waals surface area contributed by atoms with E-state index in [0.717, 1.165) is 22.0 Å². The maximum Gasteiger partial charge on any atom is 0.416 e. The van der Waals surface area contributed by atoms with Gasteiger partial charge in [0.2, 0.25) is 0 Å². The first kappa shape index (κ1) is 17.1. The first-order valence-electron chi connectivity index (χ1n) is 7.47. The molecule has 0 aliphatic carbocycles. The van der Waals surface area contributed by atoms with Crippen LogP contribution in [0.2, 0.25) is 0 Å².